The summed E-state index contributed by atoms with van der Waals surface area (Å²) in [6, 6.07) is 1.25. The van der Waals surface area contributed by atoms with Gasteiger partial charge in [-0.15, -0.1) is 0 Å². The third-order valence-corrected chi connectivity index (χ3v) is 3.30. The van der Waals surface area contributed by atoms with Crippen LogP contribution in [0.5, 0.6) is 0 Å². The van der Waals surface area contributed by atoms with E-state index in [2.05, 4.69) is 10.1 Å². The minimum atomic E-state index is -0.537. The Hall–Kier alpha value is -1.82. The Kier molecular flexibility index (Phi) is 6.24. The maximum Gasteiger partial charge on any atom is 0.374 e. The predicted molar refractivity (Wildman–Crippen MR) is 72.1 cm³/mol. The molecule has 20 heavy (non-hydrogen) atoms. The third kappa shape index (κ3) is 3.84. The zero-order valence-corrected chi connectivity index (χ0v) is 12.3. The van der Waals surface area contributed by atoms with E-state index in [1.807, 2.05) is 13.8 Å². The molecule has 0 amide bonds. The van der Waals surface area contributed by atoms with Crippen molar-refractivity contribution in [2.75, 3.05) is 14.2 Å². The third-order valence-electron chi connectivity index (χ3n) is 3.30. The van der Waals surface area contributed by atoms with Gasteiger partial charge in [0.1, 0.15) is 6.04 Å². The Morgan fingerprint density at radius 2 is 2.05 bits per heavy atom. The van der Waals surface area contributed by atoms with E-state index in [1.165, 1.54) is 20.5 Å². The first-order chi connectivity index (χ1) is 9.54. The highest BCUT2D eigenvalue weighted by Gasteiger charge is 2.25. The summed E-state index contributed by atoms with van der Waals surface area (Å²) in [6.07, 6.45) is 2.25. The Balaban J connectivity index is 2.75. The van der Waals surface area contributed by atoms with E-state index < -0.39 is 12.0 Å². The molecule has 0 saturated heterocycles. The molecular weight excluding hydrogens is 262 g/mol. The maximum absolute atomic E-state index is 11.7. The van der Waals surface area contributed by atoms with E-state index >= 15 is 0 Å². The van der Waals surface area contributed by atoms with Gasteiger partial charge >= 0.3 is 11.9 Å². The van der Waals surface area contributed by atoms with Gasteiger partial charge in [0.25, 0.3) is 0 Å². The molecule has 112 valence electrons. The van der Waals surface area contributed by atoms with Gasteiger partial charge in [-0.25, -0.2) is 4.79 Å². The van der Waals surface area contributed by atoms with Gasteiger partial charge in [-0.1, -0.05) is 20.3 Å². The molecule has 1 rings (SSSR count). The fourth-order valence-corrected chi connectivity index (χ4v) is 1.85. The zero-order chi connectivity index (χ0) is 15.1. The van der Waals surface area contributed by atoms with Gasteiger partial charge in [-0.3, -0.25) is 10.1 Å². The van der Waals surface area contributed by atoms with E-state index in [1.54, 1.807) is 6.07 Å². The second kappa shape index (κ2) is 7.69. The number of hydrogen-bond donors (Lipinski definition) is 1. The Morgan fingerprint density at radius 3 is 2.60 bits per heavy atom. The first-order valence-electron chi connectivity index (χ1n) is 6.51. The van der Waals surface area contributed by atoms with Crippen LogP contribution in [0.1, 0.15) is 36.4 Å². The summed E-state index contributed by atoms with van der Waals surface area (Å²) >= 11 is 0. The molecule has 1 N–H and O–H groups in total. The van der Waals surface area contributed by atoms with Crippen LogP contribution in [0.4, 0.5) is 0 Å². The average molecular weight is 283 g/mol. The van der Waals surface area contributed by atoms with Gasteiger partial charge in [-0.2, -0.15) is 0 Å². The molecule has 1 heterocycles. The maximum atomic E-state index is 11.7. The summed E-state index contributed by atoms with van der Waals surface area (Å²) in [6.45, 7) is 4.29. The summed E-state index contributed by atoms with van der Waals surface area (Å²) in [5.41, 5.74) is 0.647. The average Bonchev–Trinajstić information content (AvgIpc) is 2.94. The number of carbonyl (C=O) groups is 2. The lowest BCUT2D eigenvalue weighted by molar-refractivity contribution is -0.144. The van der Waals surface area contributed by atoms with Crippen molar-refractivity contribution >= 4 is 11.9 Å². The van der Waals surface area contributed by atoms with Crippen molar-refractivity contribution in [1.29, 1.82) is 0 Å². The van der Waals surface area contributed by atoms with Crippen molar-refractivity contribution < 1.29 is 23.5 Å². The molecular formula is C14H21NO5. The summed E-state index contributed by atoms with van der Waals surface area (Å²) in [7, 11) is 2.65. The predicted octanol–water partition coefficient (Wildman–Crippen LogP) is 1.74. The van der Waals surface area contributed by atoms with Crippen molar-refractivity contribution in [3.63, 3.8) is 0 Å². The molecule has 0 fully saturated rings. The summed E-state index contributed by atoms with van der Waals surface area (Å²) < 4.78 is 14.5. The minimum Gasteiger partial charge on any atom is -0.468 e. The quantitative estimate of drug-likeness (QED) is 0.768. The molecule has 2 unspecified atom stereocenters. The first-order valence-corrected chi connectivity index (χ1v) is 6.51. The van der Waals surface area contributed by atoms with Crippen molar-refractivity contribution in [2.45, 2.75) is 32.9 Å². The molecule has 0 aromatic carbocycles. The van der Waals surface area contributed by atoms with E-state index in [0.29, 0.717) is 12.1 Å². The lowest BCUT2D eigenvalue weighted by Crippen LogP contribution is -2.42. The fraction of sp³-hybridized carbons (Fsp3) is 0.571. The van der Waals surface area contributed by atoms with Crippen LogP contribution in [-0.4, -0.2) is 32.2 Å². The molecule has 0 aliphatic carbocycles. The van der Waals surface area contributed by atoms with Crippen LogP contribution >= 0.6 is 0 Å². The molecule has 6 heteroatoms. The molecule has 0 saturated carbocycles. The zero-order valence-electron chi connectivity index (χ0n) is 12.3. The van der Waals surface area contributed by atoms with E-state index in [-0.39, 0.29) is 17.6 Å². The molecule has 1 aromatic rings. The van der Waals surface area contributed by atoms with E-state index in [9.17, 15) is 9.59 Å². The molecule has 0 aliphatic heterocycles. The molecule has 0 bridgehead atoms. The first kappa shape index (κ1) is 16.2. The minimum absolute atomic E-state index is 0.121. The molecule has 0 aliphatic rings. The van der Waals surface area contributed by atoms with Crippen molar-refractivity contribution in [3.8, 4) is 0 Å². The number of furan rings is 1. The van der Waals surface area contributed by atoms with Crippen molar-refractivity contribution in [1.82, 2.24) is 5.32 Å². The monoisotopic (exact) mass is 283 g/mol. The van der Waals surface area contributed by atoms with Crippen LogP contribution in [-0.2, 0) is 20.8 Å². The molecule has 0 spiro atoms. The van der Waals surface area contributed by atoms with Crippen LogP contribution in [0.2, 0.25) is 0 Å². The fourth-order valence-electron chi connectivity index (χ4n) is 1.85. The van der Waals surface area contributed by atoms with Crippen LogP contribution in [0.15, 0.2) is 16.7 Å². The van der Waals surface area contributed by atoms with Gasteiger partial charge in [0, 0.05) is 12.1 Å². The van der Waals surface area contributed by atoms with Gasteiger partial charge in [-0.05, 0) is 12.0 Å². The molecule has 2 atom stereocenters. The highest BCUT2D eigenvalue weighted by Crippen LogP contribution is 2.14. The van der Waals surface area contributed by atoms with Gasteiger partial charge in [0.05, 0.1) is 20.5 Å². The highest BCUT2D eigenvalue weighted by molar-refractivity contribution is 5.87. The van der Waals surface area contributed by atoms with E-state index in [0.717, 1.165) is 6.42 Å². The van der Waals surface area contributed by atoms with Crippen molar-refractivity contribution in [2.24, 2.45) is 5.92 Å². The normalized spacial score (nSPS) is 13.6. The lowest BCUT2D eigenvalue weighted by Gasteiger charge is -2.21. The smallest absolute Gasteiger partial charge is 0.374 e. The summed E-state index contributed by atoms with van der Waals surface area (Å²) in [5, 5.41) is 3.10. The second-order valence-electron chi connectivity index (χ2n) is 4.53. The number of carbonyl (C=O) groups excluding carboxylic acids is 2. The second-order valence-corrected chi connectivity index (χ2v) is 4.53. The van der Waals surface area contributed by atoms with Gasteiger partial charge in [0.2, 0.25) is 5.76 Å². The lowest BCUT2D eigenvalue weighted by atomic mass is 9.99. The van der Waals surface area contributed by atoms with Crippen LogP contribution in [0.25, 0.3) is 0 Å². The molecule has 6 nitrogen and oxygen atoms in total. The van der Waals surface area contributed by atoms with Gasteiger partial charge in [0.15, 0.2) is 0 Å². The van der Waals surface area contributed by atoms with Crippen LogP contribution in [0.3, 0.4) is 0 Å². The van der Waals surface area contributed by atoms with Crippen LogP contribution in [0, 0.1) is 5.92 Å². The highest BCUT2D eigenvalue weighted by atomic mass is 16.5. The number of rotatable bonds is 7. The largest absolute Gasteiger partial charge is 0.468 e. The number of ether oxygens (including phenoxy) is 2. The topological polar surface area (TPSA) is 77.8 Å². The number of hydrogen-bond acceptors (Lipinski definition) is 6. The SMILES string of the molecule is CCC(C)C(NCc1ccoc1C(=O)OC)C(=O)OC. The standard InChI is InChI=1S/C14H21NO5/c1-5-9(2)11(13(16)18-3)15-8-10-6-7-20-12(10)14(17)19-4/h6-7,9,11,15H,5,8H2,1-4H3. The molecule has 0 radical (unpaired) electrons. The Morgan fingerprint density at radius 1 is 1.35 bits per heavy atom. The van der Waals surface area contributed by atoms with Gasteiger partial charge < -0.3 is 13.9 Å². The van der Waals surface area contributed by atoms with E-state index in [4.69, 9.17) is 9.15 Å². The number of nitrogens with one attached hydrogen (secondary N) is 1. The summed E-state index contributed by atoms with van der Waals surface area (Å²) in [4.78, 5) is 23.2. The van der Waals surface area contributed by atoms with Crippen molar-refractivity contribution in [3.05, 3.63) is 23.7 Å². The molecule has 1 aromatic heterocycles. The Labute approximate surface area is 118 Å². The van der Waals surface area contributed by atoms with Crippen LogP contribution < -0.4 is 5.32 Å². The summed E-state index contributed by atoms with van der Waals surface area (Å²) in [5.74, 6) is -0.587. The Bertz CT molecular complexity index is 454. The number of esters is 2. The number of methoxy groups -OCH3 is 2.